The number of azo groups is 1. The molecule has 1 aromatic heterocycles. The second kappa shape index (κ2) is 8.43. The van der Waals surface area contributed by atoms with Gasteiger partial charge in [-0.3, -0.25) is 19.7 Å². The number of nitrogens with two attached hydrogens (primary N) is 1. The number of non-ortho nitro benzene ring substituents is 1. The maximum Gasteiger partial charge on any atom is 0.282 e. The van der Waals surface area contributed by atoms with E-state index in [9.17, 15) is 19.7 Å². The summed E-state index contributed by atoms with van der Waals surface area (Å²) in [5.41, 5.74) is 7.46. The molecular weight excluding hydrogens is 434 g/mol. The van der Waals surface area contributed by atoms with E-state index in [4.69, 9.17) is 5.73 Å². The molecule has 0 saturated heterocycles. The molecule has 1 aliphatic heterocycles. The first-order valence-corrected chi connectivity index (χ1v) is 10.1. The van der Waals surface area contributed by atoms with Crippen molar-refractivity contribution in [3.8, 4) is 11.3 Å². The zero-order valence-corrected chi connectivity index (χ0v) is 17.4. The Morgan fingerprint density at radius 2 is 2.00 bits per heavy atom. The molecule has 0 bridgehead atoms. The number of nitrogens with zero attached hydrogens (tertiary/aromatic N) is 6. The van der Waals surface area contributed by atoms with Crippen molar-refractivity contribution in [2.75, 3.05) is 5.01 Å². The number of primary amides is 1. The number of nitro benzene ring substituents is 1. The lowest BCUT2D eigenvalue weighted by Gasteiger charge is -2.08. The Hall–Kier alpha value is -4.32. The zero-order valence-electron chi connectivity index (χ0n) is 16.6. The Kier molecular flexibility index (Phi) is 5.52. The summed E-state index contributed by atoms with van der Waals surface area (Å²) in [6, 6.07) is 11.4. The second-order valence-corrected chi connectivity index (χ2v) is 7.58. The normalized spacial score (nSPS) is 15.9. The first kappa shape index (κ1) is 20.9. The van der Waals surface area contributed by atoms with Crippen LogP contribution in [0.2, 0.25) is 0 Å². The van der Waals surface area contributed by atoms with Crippen molar-refractivity contribution >= 4 is 45.4 Å². The molecule has 0 fully saturated rings. The predicted octanol–water partition coefficient (Wildman–Crippen LogP) is 3.69. The van der Waals surface area contributed by atoms with Crippen molar-refractivity contribution in [2.45, 2.75) is 13.0 Å². The summed E-state index contributed by atoms with van der Waals surface area (Å²) in [6.45, 7) is 1.66. The molecule has 1 aliphatic rings. The summed E-state index contributed by atoms with van der Waals surface area (Å²) < 4.78 is 0. The Bertz CT molecular complexity index is 1280. The fourth-order valence-electron chi connectivity index (χ4n) is 2.92. The van der Waals surface area contributed by atoms with Crippen LogP contribution in [0.1, 0.15) is 17.3 Å². The van der Waals surface area contributed by atoms with Crippen LogP contribution in [-0.2, 0) is 4.79 Å². The molecule has 2 heterocycles. The molecule has 3 aromatic rings. The van der Waals surface area contributed by atoms with Gasteiger partial charge in [0, 0.05) is 28.6 Å². The molecule has 0 spiro atoms. The molecule has 160 valence electrons. The summed E-state index contributed by atoms with van der Waals surface area (Å²) in [5.74, 6) is -0.967. The van der Waals surface area contributed by atoms with Gasteiger partial charge in [-0.15, -0.1) is 11.3 Å². The Labute approximate surface area is 185 Å². The van der Waals surface area contributed by atoms with E-state index < -0.39 is 22.8 Å². The number of aromatic nitrogens is 1. The molecule has 32 heavy (non-hydrogen) atoms. The van der Waals surface area contributed by atoms with Crippen LogP contribution in [0.25, 0.3) is 11.3 Å². The summed E-state index contributed by atoms with van der Waals surface area (Å²) in [7, 11) is 0. The summed E-state index contributed by atoms with van der Waals surface area (Å²) in [4.78, 5) is 38.9. The standard InChI is InChI=1S/C20H15N7O4S/c1-11-17(24-23-14-7-5-12(6-8-14)18(21)28)19(29)26(25-11)20-22-16(10-32-20)13-3-2-4-15(9-13)27(30)31/h2-10,17H,1H3,(H2,21,28). The number of carbonyl (C=O) groups is 2. The average Bonchev–Trinajstić information content (AvgIpc) is 3.37. The highest BCUT2D eigenvalue weighted by Crippen LogP contribution is 2.32. The van der Waals surface area contributed by atoms with E-state index in [1.165, 1.54) is 35.6 Å². The number of carbonyl (C=O) groups excluding carboxylic acids is 2. The molecule has 4 rings (SSSR count). The molecule has 0 aliphatic carbocycles. The van der Waals surface area contributed by atoms with Crippen LogP contribution >= 0.6 is 11.3 Å². The summed E-state index contributed by atoms with van der Waals surface area (Å²) >= 11 is 1.18. The van der Waals surface area contributed by atoms with E-state index in [0.717, 1.165) is 5.01 Å². The van der Waals surface area contributed by atoms with Gasteiger partial charge in [-0.2, -0.15) is 20.3 Å². The number of benzene rings is 2. The monoisotopic (exact) mass is 449 g/mol. The van der Waals surface area contributed by atoms with E-state index in [-0.39, 0.29) is 5.69 Å². The number of thiazole rings is 1. The second-order valence-electron chi connectivity index (χ2n) is 6.74. The molecular formula is C20H15N7O4S. The number of anilines is 1. The van der Waals surface area contributed by atoms with E-state index >= 15 is 0 Å². The fraction of sp³-hybridized carbons (Fsp3) is 0.100. The highest BCUT2D eigenvalue weighted by molar-refractivity contribution is 7.14. The summed E-state index contributed by atoms with van der Waals surface area (Å²) in [5, 5.41) is 26.6. The van der Waals surface area contributed by atoms with Gasteiger partial charge in [0.2, 0.25) is 11.0 Å². The number of amides is 2. The van der Waals surface area contributed by atoms with Crippen molar-refractivity contribution in [2.24, 2.45) is 21.1 Å². The maximum atomic E-state index is 12.8. The van der Waals surface area contributed by atoms with Gasteiger partial charge < -0.3 is 5.73 Å². The first-order chi connectivity index (χ1) is 15.3. The lowest BCUT2D eigenvalue weighted by atomic mass is 10.1. The number of rotatable bonds is 6. The molecule has 0 saturated carbocycles. The van der Waals surface area contributed by atoms with Crippen molar-refractivity contribution in [3.05, 3.63) is 69.6 Å². The van der Waals surface area contributed by atoms with Gasteiger partial charge in [0.1, 0.15) is 0 Å². The third-order valence-corrected chi connectivity index (χ3v) is 5.38. The van der Waals surface area contributed by atoms with E-state index in [1.807, 2.05) is 0 Å². The fourth-order valence-corrected chi connectivity index (χ4v) is 3.70. The van der Waals surface area contributed by atoms with Gasteiger partial charge in [-0.05, 0) is 31.2 Å². The van der Waals surface area contributed by atoms with E-state index in [2.05, 4.69) is 20.3 Å². The third kappa shape index (κ3) is 4.11. The van der Waals surface area contributed by atoms with Crippen LogP contribution in [0, 0.1) is 10.1 Å². The zero-order chi connectivity index (χ0) is 22.8. The lowest BCUT2D eigenvalue weighted by molar-refractivity contribution is -0.384. The molecule has 1 unspecified atom stereocenters. The molecule has 11 nitrogen and oxygen atoms in total. The number of nitro groups is 1. The van der Waals surface area contributed by atoms with E-state index in [1.54, 1.807) is 36.6 Å². The van der Waals surface area contributed by atoms with Crippen LogP contribution in [-0.4, -0.2) is 33.5 Å². The third-order valence-electron chi connectivity index (χ3n) is 4.56. The molecule has 2 aromatic carbocycles. The SMILES string of the molecule is CC1=NN(c2nc(-c3cccc([N+](=O)[O-])c3)cs2)C(=O)C1N=Nc1ccc(C(N)=O)cc1. The number of hydrogen-bond donors (Lipinski definition) is 1. The van der Waals surface area contributed by atoms with Gasteiger partial charge in [0.05, 0.1) is 22.0 Å². The molecule has 12 heteroatoms. The Balaban J connectivity index is 1.52. The Morgan fingerprint density at radius 3 is 2.69 bits per heavy atom. The molecule has 2 N–H and O–H groups in total. The maximum absolute atomic E-state index is 12.8. The lowest BCUT2D eigenvalue weighted by Crippen LogP contribution is -2.29. The van der Waals surface area contributed by atoms with Gasteiger partial charge >= 0.3 is 0 Å². The van der Waals surface area contributed by atoms with Crippen LogP contribution in [0.5, 0.6) is 0 Å². The average molecular weight is 449 g/mol. The quantitative estimate of drug-likeness (QED) is 0.345. The molecule has 2 amide bonds. The minimum Gasteiger partial charge on any atom is -0.366 e. The van der Waals surface area contributed by atoms with Gasteiger partial charge in [0.25, 0.3) is 11.6 Å². The van der Waals surface area contributed by atoms with Crippen LogP contribution in [0.15, 0.2) is 69.2 Å². The van der Waals surface area contributed by atoms with Crippen LogP contribution < -0.4 is 10.7 Å². The van der Waals surface area contributed by atoms with Gasteiger partial charge in [0.15, 0.2) is 6.04 Å². The summed E-state index contributed by atoms with van der Waals surface area (Å²) in [6.07, 6.45) is 0. The minimum absolute atomic E-state index is 0.0486. The highest BCUT2D eigenvalue weighted by atomic mass is 32.1. The Morgan fingerprint density at radius 1 is 1.25 bits per heavy atom. The van der Waals surface area contributed by atoms with Crippen LogP contribution in [0.3, 0.4) is 0 Å². The van der Waals surface area contributed by atoms with Crippen molar-refractivity contribution < 1.29 is 14.5 Å². The number of hydrogen-bond acceptors (Lipinski definition) is 9. The molecule has 0 radical (unpaired) electrons. The van der Waals surface area contributed by atoms with Gasteiger partial charge in [-0.1, -0.05) is 12.1 Å². The largest absolute Gasteiger partial charge is 0.366 e. The smallest absolute Gasteiger partial charge is 0.282 e. The molecule has 1 atom stereocenters. The first-order valence-electron chi connectivity index (χ1n) is 9.23. The van der Waals surface area contributed by atoms with Gasteiger partial charge in [-0.25, -0.2) is 4.98 Å². The topological polar surface area (TPSA) is 157 Å². The number of hydrazone groups is 1. The predicted molar refractivity (Wildman–Crippen MR) is 118 cm³/mol. The van der Waals surface area contributed by atoms with Crippen molar-refractivity contribution in [3.63, 3.8) is 0 Å². The highest BCUT2D eigenvalue weighted by Gasteiger charge is 2.36. The van der Waals surface area contributed by atoms with E-state index in [0.29, 0.717) is 33.4 Å². The van der Waals surface area contributed by atoms with Crippen molar-refractivity contribution in [1.29, 1.82) is 0 Å². The minimum atomic E-state index is -0.907. The van der Waals surface area contributed by atoms with Crippen LogP contribution in [0.4, 0.5) is 16.5 Å². The van der Waals surface area contributed by atoms with Crippen molar-refractivity contribution in [1.82, 2.24) is 4.98 Å².